The van der Waals surface area contributed by atoms with Gasteiger partial charge in [0.2, 0.25) is 0 Å². The van der Waals surface area contributed by atoms with Gasteiger partial charge in [0.05, 0.1) is 4.92 Å². The van der Waals surface area contributed by atoms with Crippen molar-refractivity contribution >= 4 is 5.69 Å². The Hall–Kier alpha value is -1.93. The maximum atomic E-state index is 12.9. The molecule has 0 radical (unpaired) electrons. The molecule has 16 heavy (non-hydrogen) atoms. The first-order valence-corrected chi connectivity index (χ1v) is 4.72. The lowest BCUT2D eigenvalue weighted by molar-refractivity contribution is -0.385. The van der Waals surface area contributed by atoms with E-state index in [1.165, 1.54) is 0 Å². The summed E-state index contributed by atoms with van der Waals surface area (Å²) in [5, 5.41) is 13.5. The van der Waals surface area contributed by atoms with Crippen molar-refractivity contribution in [1.29, 1.82) is 0 Å². The number of rotatable bonds is 3. The molecule has 0 spiro atoms. The van der Waals surface area contributed by atoms with Crippen LogP contribution >= 0.6 is 0 Å². The lowest BCUT2D eigenvalue weighted by atomic mass is 10.2. The lowest BCUT2D eigenvalue weighted by Crippen LogP contribution is -2.05. The van der Waals surface area contributed by atoms with Crippen LogP contribution in [0.1, 0.15) is 12.0 Å². The molecule has 0 aromatic heterocycles. The monoisotopic (exact) mass is 222 g/mol. The molecule has 1 rings (SSSR count). The standard InChI is InChI=1S/C11H11FN2O2/c1-13-7-3-2-4-9-8-10(12)5-6-11(9)14(15)16/h5-6,8,13H,3,7H2,1H3. The van der Waals surface area contributed by atoms with Gasteiger partial charge in [-0.15, -0.1) is 0 Å². The van der Waals surface area contributed by atoms with E-state index in [1.54, 1.807) is 7.05 Å². The first-order chi connectivity index (χ1) is 7.65. The van der Waals surface area contributed by atoms with Crippen molar-refractivity contribution in [3.63, 3.8) is 0 Å². The Bertz CT molecular complexity index is 449. The normalized spacial score (nSPS) is 9.38. The van der Waals surface area contributed by atoms with Crippen molar-refractivity contribution in [1.82, 2.24) is 5.32 Å². The van der Waals surface area contributed by atoms with Crippen LogP contribution in [0.4, 0.5) is 10.1 Å². The molecule has 84 valence electrons. The van der Waals surface area contributed by atoms with Gasteiger partial charge >= 0.3 is 0 Å². The molecule has 1 aromatic carbocycles. The Balaban J connectivity index is 2.95. The molecule has 0 unspecified atom stereocenters. The van der Waals surface area contributed by atoms with Gasteiger partial charge in [-0.05, 0) is 19.2 Å². The third-order valence-electron chi connectivity index (χ3n) is 1.88. The topological polar surface area (TPSA) is 55.2 Å². The van der Waals surface area contributed by atoms with Gasteiger partial charge in [0.25, 0.3) is 5.69 Å². The summed E-state index contributed by atoms with van der Waals surface area (Å²) in [4.78, 5) is 10.1. The number of nitrogens with one attached hydrogen (secondary N) is 1. The molecule has 5 heteroatoms. The highest BCUT2D eigenvalue weighted by Gasteiger charge is 2.11. The van der Waals surface area contributed by atoms with E-state index in [0.29, 0.717) is 13.0 Å². The number of halogens is 1. The summed E-state index contributed by atoms with van der Waals surface area (Å²) in [6.07, 6.45) is 0.560. The molecule has 0 aliphatic rings. The minimum Gasteiger partial charge on any atom is -0.319 e. The molecule has 0 aliphatic carbocycles. The van der Waals surface area contributed by atoms with Gasteiger partial charge in [-0.25, -0.2) is 4.39 Å². The Morgan fingerprint density at radius 2 is 2.31 bits per heavy atom. The molecule has 0 saturated carbocycles. The van der Waals surface area contributed by atoms with E-state index in [2.05, 4.69) is 17.2 Å². The van der Waals surface area contributed by atoms with Crippen LogP contribution in [-0.4, -0.2) is 18.5 Å². The summed E-state index contributed by atoms with van der Waals surface area (Å²) in [5.74, 6) is 4.82. The zero-order valence-electron chi connectivity index (χ0n) is 8.79. The highest BCUT2D eigenvalue weighted by Crippen LogP contribution is 2.18. The second-order valence-electron chi connectivity index (χ2n) is 3.07. The summed E-state index contributed by atoms with van der Waals surface area (Å²) in [7, 11) is 1.78. The number of benzene rings is 1. The fourth-order valence-electron chi connectivity index (χ4n) is 1.11. The molecular formula is C11H11FN2O2. The van der Waals surface area contributed by atoms with Crippen molar-refractivity contribution in [2.75, 3.05) is 13.6 Å². The van der Waals surface area contributed by atoms with Gasteiger partial charge in [-0.1, -0.05) is 11.8 Å². The molecule has 1 aromatic rings. The molecular weight excluding hydrogens is 211 g/mol. The van der Waals surface area contributed by atoms with Crippen LogP contribution < -0.4 is 5.32 Å². The maximum Gasteiger partial charge on any atom is 0.285 e. The molecule has 4 nitrogen and oxygen atoms in total. The van der Waals surface area contributed by atoms with E-state index in [9.17, 15) is 14.5 Å². The number of hydrogen-bond donors (Lipinski definition) is 1. The SMILES string of the molecule is CNCCC#Cc1cc(F)ccc1[N+](=O)[O-]. The zero-order chi connectivity index (χ0) is 12.0. The van der Waals surface area contributed by atoms with Crippen LogP contribution in [0, 0.1) is 27.8 Å². The fourth-order valence-corrected chi connectivity index (χ4v) is 1.11. The zero-order valence-corrected chi connectivity index (χ0v) is 8.79. The Morgan fingerprint density at radius 1 is 1.56 bits per heavy atom. The van der Waals surface area contributed by atoms with Crippen LogP contribution in [0.3, 0.4) is 0 Å². The average molecular weight is 222 g/mol. The smallest absolute Gasteiger partial charge is 0.285 e. The summed E-state index contributed by atoms with van der Waals surface area (Å²) in [5.41, 5.74) is -0.0561. The van der Waals surface area contributed by atoms with E-state index in [-0.39, 0.29) is 11.3 Å². The van der Waals surface area contributed by atoms with E-state index in [4.69, 9.17) is 0 Å². The van der Waals surface area contributed by atoms with Crippen molar-refractivity contribution in [3.8, 4) is 11.8 Å². The lowest BCUT2D eigenvalue weighted by Gasteiger charge is -1.95. The quantitative estimate of drug-likeness (QED) is 0.366. The Morgan fingerprint density at radius 3 is 2.94 bits per heavy atom. The molecule has 0 bridgehead atoms. The first-order valence-electron chi connectivity index (χ1n) is 4.72. The third kappa shape index (κ3) is 3.33. The highest BCUT2D eigenvalue weighted by atomic mass is 19.1. The van der Waals surface area contributed by atoms with Crippen molar-refractivity contribution in [3.05, 3.63) is 39.7 Å². The second kappa shape index (κ2) is 5.83. The van der Waals surface area contributed by atoms with E-state index in [1.807, 2.05) is 0 Å². The van der Waals surface area contributed by atoms with Gasteiger partial charge in [-0.2, -0.15) is 0 Å². The number of nitro groups is 1. The molecule has 0 amide bonds. The summed E-state index contributed by atoms with van der Waals surface area (Å²) >= 11 is 0. The van der Waals surface area contributed by atoms with E-state index in [0.717, 1.165) is 18.2 Å². The van der Waals surface area contributed by atoms with Gasteiger partial charge in [0, 0.05) is 19.0 Å². The molecule has 0 heterocycles. The minimum atomic E-state index is -0.568. The van der Waals surface area contributed by atoms with Gasteiger partial charge in [0.1, 0.15) is 11.4 Å². The minimum absolute atomic E-state index is 0.112. The van der Waals surface area contributed by atoms with Crippen LogP contribution in [0.15, 0.2) is 18.2 Å². The largest absolute Gasteiger partial charge is 0.319 e. The predicted molar refractivity (Wildman–Crippen MR) is 58.5 cm³/mol. The van der Waals surface area contributed by atoms with Gasteiger partial charge in [0.15, 0.2) is 0 Å². The first kappa shape index (κ1) is 12.1. The van der Waals surface area contributed by atoms with Crippen LogP contribution in [0.2, 0.25) is 0 Å². The number of nitrogens with zero attached hydrogens (tertiary/aromatic N) is 1. The second-order valence-corrected chi connectivity index (χ2v) is 3.07. The van der Waals surface area contributed by atoms with Crippen LogP contribution in [0.25, 0.3) is 0 Å². The Kier molecular flexibility index (Phi) is 4.42. The number of nitro benzene ring substituents is 1. The fraction of sp³-hybridized carbons (Fsp3) is 0.273. The average Bonchev–Trinajstić information content (AvgIpc) is 2.24. The maximum absolute atomic E-state index is 12.9. The Labute approximate surface area is 92.6 Å². The van der Waals surface area contributed by atoms with Gasteiger partial charge < -0.3 is 5.32 Å². The van der Waals surface area contributed by atoms with Crippen LogP contribution in [-0.2, 0) is 0 Å². The van der Waals surface area contributed by atoms with E-state index >= 15 is 0 Å². The molecule has 0 aliphatic heterocycles. The molecule has 1 N–H and O–H groups in total. The third-order valence-corrected chi connectivity index (χ3v) is 1.88. The van der Waals surface area contributed by atoms with E-state index < -0.39 is 10.7 Å². The van der Waals surface area contributed by atoms with Crippen LogP contribution in [0.5, 0.6) is 0 Å². The van der Waals surface area contributed by atoms with Crippen molar-refractivity contribution in [2.24, 2.45) is 0 Å². The van der Waals surface area contributed by atoms with Crippen molar-refractivity contribution < 1.29 is 9.31 Å². The predicted octanol–water partition coefficient (Wildman–Crippen LogP) is 1.69. The summed E-state index contributed by atoms with van der Waals surface area (Å²) in [6.45, 7) is 0.691. The molecule has 0 saturated heterocycles. The number of hydrogen-bond acceptors (Lipinski definition) is 3. The summed E-state index contributed by atoms with van der Waals surface area (Å²) < 4.78 is 12.9. The van der Waals surface area contributed by atoms with Gasteiger partial charge in [-0.3, -0.25) is 10.1 Å². The summed E-state index contributed by atoms with van der Waals surface area (Å²) in [6, 6.07) is 3.25. The molecule has 0 fully saturated rings. The highest BCUT2D eigenvalue weighted by molar-refractivity contribution is 5.50. The van der Waals surface area contributed by atoms with Crippen molar-refractivity contribution in [2.45, 2.75) is 6.42 Å². The molecule has 0 atom stereocenters.